The van der Waals surface area contributed by atoms with Crippen molar-refractivity contribution in [3.05, 3.63) is 59.7 Å². The fourth-order valence-corrected chi connectivity index (χ4v) is 1.88. The van der Waals surface area contributed by atoms with E-state index in [-0.39, 0.29) is 23.6 Å². The van der Waals surface area contributed by atoms with Crippen LogP contribution >= 0.6 is 0 Å². The molecule has 0 amide bonds. The molecule has 0 saturated heterocycles. The monoisotopic (exact) mass is 350 g/mol. The smallest absolute Gasteiger partial charge is 0.354 e. The predicted molar refractivity (Wildman–Crippen MR) is 86.2 cm³/mol. The molecule has 2 rings (SSSR count). The number of hydrogen-bond donors (Lipinski definition) is 1. The summed E-state index contributed by atoms with van der Waals surface area (Å²) in [5.41, 5.74) is 0.451. The van der Waals surface area contributed by atoms with Gasteiger partial charge in [0, 0.05) is 11.8 Å². The molecule has 9 heteroatoms. The second kappa shape index (κ2) is 8.04. The normalized spacial score (nSPS) is 12.5. The molecule has 0 aliphatic carbocycles. The van der Waals surface area contributed by atoms with Crippen molar-refractivity contribution in [2.75, 3.05) is 0 Å². The van der Waals surface area contributed by atoms with Gasteiger partial charge >= 0.3 is 12.5 Å². The van der Waals surface area contributed by atoms with Gasteiger partial charge in [-0.1, -0.05) is 0 Å². The number of hydrogen-bond acceptors (Lipinski definition) is 4. The van der Waals surface area contributed by atoms with Crippen LogP contribution < -0.4 is 0 Å². The van der Waals surface area contributed by atoms with E-state index >= 15 is 0 Å². The van der Waals surface area contributed by atoms with Crippen LogP contribution in [0.15, 0.2) is 52.6 Å². The Kier molecular flexibility index (Phi) is 5.83. The van der Waals surface area contributed by atoms with Crippen LogP contribution in [0.4, 0.5) is 13.2 Å². The maximum absolute atomic E-state index is 13.0. The molecule has 0 fully saturated rings. The van der Waals surface area contributed by atoms with Gasteiger partial charge in [-0.15, -0.1) is 0 Å². The number of alkyl halides is 2. The number of aromatic nitrogens is 2. The molecule has 6 nitrogen and oxygen atoms in total. The third-order valence-corrected chi connectivity index (χ3v) is 3.08. The van der Waals surface area contributed by atoms with E-state index in [0.29, 0.717) is 10.2 Å². The lowest BCUT2D eigenvalue weighted by Gasteiger charge is -2.02. The Hall–Kier alpha value is -3.23. The summed E-state index contributed by atoms with van der Waals surface area (Å²) in [5, 5.41) is 12.8. The lowest BCUT2D eigenvalue weighted by atomic mass is 10.1. The first-order chi connectivity index (χ1) is 11.9. The van der Waals surface area contributed by atoms with E-state index in [1.54, 1.807) is 0 Å². The summed E-state index contributed by atoms with van der Waals surface area (Å²) in [6.07, 6.45) is 2.23. The summed E-state index contributed by atoms with van der Waals surface area (Å²) in [5.74, 6) is -1.79. The average molecular weight is 350 g/mol. The molecule has 0 bridgehead atoms. The summed E-state index contributed by atoms with van der Waals surface area (Å²) >= 11 is 0. The minimum absolute atomic E-state index is 0.180. The number of nitrogens with zero attached hydrogens (tertiary/aromatic N) is 4. The summed E-state index contributed by atoms with van der Waals surface area (Å²) in [6.45, 7) is 0.366. The van der Waals surface area contributed by atoms with Crippen LogP contribution in [0.3, 0.4) is 0 Å². The van der Waals surface area contributed by atoms with Gasteiger partial charge in [0.05, 0.1) is 17.9 Å². The Morgan fingerprint density at radius 3 is 2.52 bits per heavy atom. The first-order valence-electron chi connectivity index (χ1n) is 6.95. The van der Waals surface area contributed by atoms with Crippen LogP contribution in [-0.2, 0) is 11.3 Å². The quantitative estimate of drug-likeness (QED) is 0.779. The molecule has 1 aromatic heterocycles. The van der Waals surface area contributed by atoms with E-state index < -0.39 is 18.3 Å². The molecular weight excluding hydrogens is 337 g/mol. The average Bonchev–Trinajstić information content (AvgIpc) is 3.05. The van der Waals surface area contributed by atoms with Gasteiger partial charge in [-0.2, -0.15) is 13.9 Å². The highest BCUT2D eigenvalue weighted by molar-refractivity contribution is 6.41. The molecule has 25 heavy (non-hydrogen) atoms. The number of halogens is 3. The van der Waals surface area contributed by atoms with Crippen LogP contribution in [-0.4, -0.2) is 33.3 Å². The molecule has 0 radical (unpaired) electrons. The van der Waals surface area contributed by atoms with Crippen molar-refractivity contribution >= 4 is 24.1 Å². The third kappa shape index (κ3) is 4.87. The minimum atomic E-state index is -2.79. The molecule has 1 heterocycles. The first-order valence-corrected chi connectivity index (χ1v) is 6.95. The first kappa shape index (κ1) is 18.1. The van der Waals surface area contributed by atoms with Crippen molar-refractivity contribution in [2.45, 2.75) is 13.1 Å². The van der Waals surface area contributed by atoms with Crippen LogP contribution in [0.1, 0.15) is 17.8 Å². The standard InChI is InChI=1S/C16H13F3N4O2/c1-20-13(10-2-4-11(17)5-3-10)8-14(15(24)25)21-9-12-6-7-23(22-12)16(18)19/h2-8,16H,1,9H2,(H,24,25)/b13-8-,21-14?. The zero-order chi connectivity index (χ0) is 18.4. The predicted octanol–water partition coefficient (Wildman–Crippen LogP) is 3.18. The maximum atomic E-state index is 13.0. The number of aliphatic carboxylic acids is 1. The summed E-state index contributed by atoms with van der Waals surface area (Å²) in [7, 11) is 0. The highest BCUT2D eigenvalue weighted by Gasteiger charge is 2.11. The molecule has 0 aliphatic heterocycles. The number of carbonyl (C=O) groups is 1. The minimum Gasteiger partial charge on any atom is -0.477 e. The van der Waals surface area contributed by atoms with Crippen molar-refractivity contribution in [2.24, 2.45) is 9.98 Å². The van der Waals surface area contributed by atoms with Gasteiger partial charge in [-0.05, 0) is 43.1 Å². The van der Waals surface area contributed by atoms with Gasteiger partial charge in [-0.25, -0.2) is 13.9 Å². The third-order valence-electron chi connectivity index (χ3n) is 3.08. The fraction of sp³-hybridized carbons (Fsp3) is 0.125. The molecule has 130 valence electrons. The van der Waals surface area contributed by atoms with Gasteiger partial charge < -0.3 is 5.11 Å². The fourth-order valence-electron chi connectivity index (χ4n) is 1.88. The van der Waals surface area contributed by atoms with E-state index in [1.807, 2.05) is 0 Å². The lowest BCUT2D eigenvalue weighted by Crippen LogP contribution is -2.11. The van der Waals surface area contributed by atoms with E-state index in [0.717, 1.165) is 12.3 Å². The maximum Gasteiger partial charge on any atom is 0.354 e. The molecule has 0 saturated carbocycles. The zero-order valence-electron chi connectivity index (χ0n) is 12.8. The van der Waals surface area contributed by atoms with Crippen molar-refractivity contribution in [3.8, 4) is 0 Å². The van der Waals surface area contributed by atoms with E-state index in [4.69, 9.17) is 0 Å². The Morgan fingerprint density at radius 2 is 2.00 bits per heavy atom. The summed E-state index contributed by atoms with van der Waals surface area (Å²) < 4.78 is 38.3. The number of rotatable bonds is 7. The van der Waals surface area contributed by atoms with Gasteiger partial charge in [0.1, 0.15) is 11.5 Å². The Bertz CT molecular complexity index is 826. The van der Waals surface area contributed by atoms with E-state index in [1.165, 1.54) is 30.3 Å². The Morgan fingerprint density at radius 1 is 1.32 bits per heavy atom. The SMILES string of the molecule is C=N/C(=C\C(=NCc1ccn(C(F)F)n1)C(=O)O)c1ccc(F)cc1. The van der Waals surface area contributed by atoms with Crippen LogP contribution in [0.25, 0.3) is 5.70 Å². The number of carboxylic acid groups (broad SMARTS) is 1. The van der Waals surface area contributed by atoms with Crippen LogP contribution in [0.2, 0.25) is 0 Å². The Labute approximate surface area is 140 Å². The lowest BCUT2D eigenvalue weighted by molar-refractivity contribution is -0.129. The highest BCUT2D eigenvalue weighted by Crippen LogP contribution is 2.16. The molecule has 0 unspecified atom stereocenters. The molecular formula is C16H13F3N4O2. The molecule has 2 aromatic rings. The molecule has 0 aliphatic rings. The van der Waals surface area contributed by atoms with Crippen molar-refractivity contribution in [3.63, 3.8) is 0 Å². The molecule has 1 N–H and O–H groups in total. The van der Waals surface area contributed by atoms with Crippen LogP contribution in [0, 0.1) is 5.82 Å². The number of benzene rings is 1. The highest BCUT2D eigenvalue weighted by atomic mass is 19.3. The van der Waals surface area contributed by atoms with Gasteiger partial charge in [0.25, 0.3) is 0 Å². The number of aliphatic imine (C=N–C) groups is 2. The van der Waals surface area contributed by atoms with Crippen molar-refractivity contribution < 1.29 is 23.1 Å². The van der Waals surface area contributed by atoms with E-state index in [2.05, 4.69) is 21.8 Å². The number of carboxylic acids is 1. The second-order valence-corrected chi connectivity index (χ2v) is 4.77. The molecule has 1 aromatic carbocycles. The van der Waals surface area contributed by atoms with Gasteiger partial charge in [-0.3, -0.25) is 9.98 Å². The summed E-state index contributed by atoms with van der Waals surface area (Å²) in [6, 6.07) is 6.54. The van der Waals surface area contributed by atoms with Crippen molar-refractivity contribution in [1.29, 1.82) is 0 Å². The topological polar surface area (TPSA) is 79.8 Å². The molecule has 0 atom stereocenters. The molecule has 0 spiro atoms. The van der Waals surface area contributed by atoms with Crippen LogP contribution in [0.5, 0.6) is 0 Å². The van der Waals surface area contributed by atoms with E-state index in [9.17, 15) is 23.1 Å². The summed E-state index contributed by atoms with van der Waals surface area (Å²) in [4.78, 5) is 18.9. The van der Waals surface area contributed by atoms with Gasteiger partial charge in [0.2, 0.25) is 0 Å². The second-order valence-electron chi connectivity index (χ2n) is 4.77. The Balaban J connectivity index is 2.27. The van der Waals surface area contributed by atoms with Gasteiger partial charge in [0.15, 0.2) is 0 Å². The van der Waals surface area contributed by atoms with Crippen molar-refractivity contribution in [1.82, 2.24) is 9.78 Å². The zero-order valence-corrected chi connectivity index (χ0v) is 12.8. The largest absolute Gasteiger partial charge is 0.477 e.